The van der Waals surface area contributed by atoms with Crippen LogP contribution in [0.5, 0.6) is 0 Å². The molecule has 1 aliphatic carbocycles. The van der Waals surface area contributed by atoms with Gasteiger partial charge in [-0.05, 0) is 48.8 Å². The van der Waals surface area contributed by atoms with Gasteiger partial charge >= 0.3 is 0 Å². The summed E-state index contributed by atoms with van der Waals surface area (Å²) in [7, 11) is 0. The highest BCUT2D eigenvalue weighted by atomic mass is 32.1. The number of hydrogen-bond donors (Lipinski definition) is 2. The zero-order valence-corrected chi connectivity index (χ0v) is 13.9. The summed E-state index contributed by atoms with van der Waals surface area (Å²) in [6.45, 7) is 1.94. The average molecular weight is 324 g/mol. The van der Waals surface area contributed by atoms with Crippen molar-refractivity contribution in [3.63, 3.8) is 0 Å². The smallest absolute Gasteiger partial charge is 0.172 e. The van der Waals surface area contributed by atoms with E-state index in [-0.39, 0.29) is 6.04 Å². The SMILES string of the molecule is Cc1nc(C(NC2CCCc3sccc32)c2ccccc2)n[nH]1. The number of nitrogens with zero attached hydrogens (tertiary/aromatic N) is 2. The van der Waals surface area contributed by atoms with Gasteiger partial charge in [0.25, 0.3) is 0 Å². The molecule has 0 saturated heterocycles. The summed E-state index contributed by atoms with van der Waals surface area (Å²) < 4.78 is 0. The summed E-state index contributed by atoms with van der Waals surface area (Å²) in [5, 5.41) is 13.4. The van der Waals surface area contributed by atoms with Crippen LogP contribution in [0.2, 0.25) is 0 Å². The van der Waals surface area contributed by atoms with E-state index in [4.69, 9.17) is 0 Å². The second-order valence-electron chi connectivity index (χ2n) is 6.03. The number of nitrogens with one attached hydrogen (secondary N) is 2. The van der Waals surface area contributed by atoms with Crippen LogP contribution in [0, 0.1) is 6.92 Å². The molecule has 2 N–H and O–H groups in total. The topological polar surface area (TPSA) is 53.6 Å². The van der Waals surface area contributed by atoms with Gasteiger partial charge in [0.15, 0.2) is 5.82 Å². The Labute approximate surface area is 140 Å². The molecule has 0 bridgehead atoms. The van der Waals surface area contributed by atoms with Gasteiger partial charge in [0, 0.05) is 10.9 Å². The summed E-state index contributed by atoms with van der Waals surface area (Å²) in [5.74, 6) is 1.67. The number of rotatable bonds is 4. The Hall–Kier alpha value is -1.98. The summed E-state index contributed by atoms with van der Waals surface area (Å²) in [6.07, 6.45) is 3.61. The van der Waals surface area contributed by atoms with E-state index in [2.05, 4.69) is 56.2 Å². The van der Waals surface area contributed by atoms with Gasteiger partial charge < -0.3 is 0 Å². The van der Waals surface area contributed by atoms with Crippen LogP contribution in [0.25, 0.3) is 0 Å². The molecule has 23 heavy (non-hydrogen) atoms. The molecule has 2 heterocycles. The first-order valence-corrected chi connectivity index (χ1v) is 8.95. The monoisotopic (exact) mass is 324 g/mol. The fourth-order valence-corrected chi connectivity index (χ4v) is 4.30. The Morgan fingerprint density at radius 1 is 1.26 bits per heavy atom. The fraction of sp³-hybridized carbons (Fsp3) is 0.333. The lowest BCUT2D eigenvalue weighted by molar-refractivity contribution is 0.423. The number of H-pyrrole nitrogens is 1. The molecule has 0 aliphatic heterocycles. The standard InChI is InChI=1S/C18H20N4S/c1-12-19-18(22-21-12)17(13-6-3-2-4-7-13)20-15-8-5-9-16-14(15)10-11-23-16/h2-4,6-7,10-11,15,17,20H,5,8-9H2,1H3,(H,19,21,22). The number of thiophene rings is 1. The maximum atomic E-state index is 4.57. The highest BCUT2D eigenvalue weighted by molar-refractivity contribution is 7.10. The molecule has 2 aromatic heterocycles. The number of benzene rings is 1. The number of aryl methyl sites for hydroxylation is 2. The van der Waals surface area contributed by atoms with Gasteiger partial charge in [-0.15, -0.1) is 11.3 Å². The largest absolute Gasteiger partial charge is 0.297 e. The van der Waals surface area contributed by atoms with Gasteiger partial charge in [0.1, 0.15) is 5.82 Å². The maximum Gasteiger partial charge on any atom is 0.172 e. The lowest BCUT2D eigenvalue weighted by atomic mass is 9.92. The number of fused-ring (bicyclic) bond motifs is 1. The molecule has 118 valence electrons. The van der Waals surface area contributed by atoms with Crippen molar-refractivity contribution in [2.75, 3.05) is 0 Å². The second kappa shape index (κ2) is 6.26. The average Bonchev–Trinajstić information content (AvgIpc) is 3.22. The van der Waals surface area contributed by atoms with Crippen molar-refractivity contribution in [1.29, 1.82) is 0 Å². The van der Waals surface area contributed by atoms with Gasteiger partial charge in [-0.2, -0.15) is 5.10 Å². The van der Waals surface area contributed by atoms with E-state index in [9.17, 15) is 0 Å². The molecule has 5 heteroatoms. The minimum Gasteiger partial charge on any atom is -0.297 e. The van der Waals surface area contributed by atoms with Gasteiger partial charge in [-0.1, -0.05) is 30.3 Å². The van der Waals surface area contributed by atoms with Crippen LogP contribution in [-0.4, -0.2) is 15.2 Å². The van der Waals surface area contributed by atoms with Crippen molar-refractivity contribution in [3.8, 4) is 0 Å². The second-order valence-corrected chi connectivity index (χ2v) is 7.03. The number of aromatic nitrogens is 3. The molecular formula is C18H20N4S. The molecule has 0 radical (unpaired) electrons. The van der Waals surface area contributed by atoms with Crippen molar-refractivity contribution < 1.29 is 0 Å². The Kier molecular flexibility index (Phi) is 3.97. The lowest BCUT2D eigenvalue weighted by Crippen LogP contribution is -2.30. The zero-order chi connectivity index (χ0) is 15.6. The Morgan fingerprint density at radius 2 is 2.13 bits per heavy atom. The molecule has 1 aromatic carbocycles. The summed E-state index contributed by atoms with van der Waals surface area (Å²) in [5.41, 5.74) is 2.66. The highest BCUT2D eigenvalue weighted by Gasteiger charge is 2.27. The van der Waals surface area contributed by atoms with E-state index >= 15 is 0 Å². The van der Waals surface area contributed by atoms with E-state index in [0.717, 1.165) is 18.1 Å². The molecular weight excluding hydrogens is 304 g/mol. The molecule has 3 aromatic rings. The number of hydrogen-bond acceptors (Lipinski definition) is 4. The molecule has 0 fully saturated rings. The third-order valence-corrected chi connectivity index (χ3v) is 5.42. The maximum absolute atomic E-state index is 4.57. The Morgan fingerprint density at radius 3 is 2.91 bits per heavy atom. The minimum atomic E-state index is 0.0111. The molecule has 0 saturated carbocycles. The summed E-state index contributed by atoms with van der Waals surface area (Å²) in [6, 6.07) is 13.1. The van der Waals surface area contributed by atoms with Crippen molar-refractivity contribution in [3.05, 3.63) is 69.4 Å². The predicted molar refractivity (Wildman–Crippen MR) is 92.5 cm³/mol. The third-order valence-electron chi connectivity index (χ3n) is 4.43. The first kappa shape index (κ1) is 14.6. The van der Waals surface area contributed by atoms with Gasteiger partial charge in [0.05, 0.1) is 6.04 Å². The van der Waals surface area contributed by atoms with E-state index in [1.807, 2.05) is 24.3 Å². The molecule has 4 nitrogen and oxygen atoms in total. The van der Waals surface area contributed by atoms with Crippen LogP contribution in [0.3, 0.4) is 0 Å². The first-order valence-electron chi connectivity index (χ1n) is 8.07. The highest BCUT2D eigenvalue weighted by Crippen LogP contribution is 2.35. The van der Waals surface area contributed by atoms with Crippen LogP contribution in [0.15, 0.2) is 41.8 Å². The minimum absolute atomic E-state index is 0.0111. The van der Waals surface area contributed by atoms with Crippen LogP contribution >= 0.6 is 11.3 Å². The summed E-state index contributed by atoms with van der Waals surface area (Å²) in [4.78, 5) is 6.09. The summed E-state index contributed by atoms with van der Waals surface area (Å²) >= 11 is 1.87. The molecule has 4 rings (SSSR count). The van der Waals surface area contributed by atoms with Crippen LogP contribution in [0.4, 0.5) is 0 Å². The van der Waals surface area contributed by atoms with Crippen molar-refractivity contribution in [2.45, 2.75) is 38.3 Å². The molecule has 0 spiro atoms. The number of aromatic amines is 1. The molecule has 1 aliphatic rings. The van der Waals surface area contributed by atoms with Gasteiger partial charge in [-0.25, -0.2) is 4.98 Å². The van der Waals surface area contributed by atoms with Gasteiger partial charge in [-0.3, -0.25) is 10.4 Å². The van der Waals surface area contributed by atoms with Crippen LogP contribution in [-0.2, 0) is 6.42 Å². The molecule has 2 unspecified atom stereocenters. The first-order chi connectivity index (χ1) is 11.3. The third kappa shape index (κ3) is 2.94. The van der Waals surface area contributed by atoms with Crippen LogP contribution < -0.4 is 5.32 Å². The Bertz CT molecular complexity index is 777. The van der Waals surface area contributed by atoms with E-state index in [0.29, 0.717) is 6.04 Å². The zero-order valence-electron chi connectivity index (χ0n) is 13.1. The van der Waals surface area contributed by atoms with Crippen molar-refractivity contribution in [1.82, 2.24) is 20.5 Å². The molecule has 0 amide bonds. The predicted octanol–water partition coefficient (Wildman–Crippen LogP) is 3.93. The quantitative estimate of drug-likeness (QED) is 0.764. The van der Waals surface area contributed by atoms with E-state index < -0.39 is 0 Å². The van der Waals surface area contributed by atoms with E-state index in [1.54, 1.807) is 0 Å². The lowest BCUT2D eigenvalue weighted by Gasteiger charge is -2.28. The Balaban J connectivity index is 1.67. The van der Waals surface area contributed by atoms with Crippen molar-refractivity contribution in [2.24, 2.45) is 0 Å². The van der Waals surface area contributed by atoms with Crippen molar-refractivity contribution >= 4 is 11.3 Å². The van der Waals surface area contributed by atoms with Crippen LogP contribution in [0.1, 0.15) is 52.6 Å². The fourth-order valence-electron chi connectivity index (χ4n) is 3.32. The molecule has 2 atom stereocenters. The van der Waals surface area contributed by atoms with Gasteiger partial charge in [0.2, 0.25) is 0 Å². The normalized spacial score (nSPS) is 18.6. The van der Waals surface area contributed by atoms with E-state index in [1.165, 1.54) is 28.8 Å².